The van der Waals surface area contributed by atoms with Gasteiger partial charge in [0.25, 0.3) is 0 Å². The maximum atomic E-state index is 6.06. The zero-order valence-corrected chi connectivity index (χ0v) is 12.3. The van der Waals surface area contributed by atoms with Crippen molar-refractivity contribution in [3.8, 4) is 0 Å². The molecule has 0 spiro atoms. The number of fused-ring (bicyclic) bond motifs is 1. The molecular weight excluding hydrogens is 268 g/mol. The van der Waals surface area contributed by atoms with Crippen molar-refractivity contribution in [2.75, 3.05) is 0 Å². The van der Waals surface area contributed by atoms with Crippen molar-refractivity contribution in [3.63, 3.8) is 0 Å². The number of aromatic nitrogens is 2. The Kier molecular flexibility index (Phi) is 3.75. The minimum absolute atomic E-state index is 0.434. The summed E-state index contributed by atoms with van der Waals surface area (Å²) in [6, 6.07) is 16.8. The molecule has 2 aromatic carbocycles. The van der Waals surface area contributed by atoms with Crippen LogP contribution in [0.4, 0.5) is 0 Å². The maximum Gasteiger partial charge on any atom is 0.125 e. The van der Waals surface area contributed by atoms with Crippen molar-refractivity contribution in [1.29, 1.82) is 0 Å². The summed E-state index contributed by atoms with van der Waals surface area (Å²) >= 11 is 6.06. The number of hydrogen-bond acceptors (Lipinski definition) is 1. The van der Waals surface area contributed by atoms with Gasteiger partial charge in [-0.2, -0.15) is 0 Å². The van der Waals surface area contributed by atoms with Crippen LogP contribution in [0.2, 0.25) is 0 Å². The summed E-state index contributed by atoms with van der Waals surface area (Å²) in [4.78, 5) is 4.61. The molecule has 0 N–H and O–H groups in total. The quantitative estimate of drug-likeness (QED) is 0.650. The van der Waals surface area contributed by atoms with Gasteiger partial charge in [0.2, 0.25) is 0 Å². The monoisotopic (exact) mass is 284 g/mol. The maximum absolute atomic E-state index is 6.06. The van der Waals surface area contributed by atoms with Crippen LogP contribution in [-0.4, -0.2) is 9.55 Å². The van der Waals surface area contributed by atoms with Crippen LogP contribution in [0.5, 0.6) is 0 Å². The zero-order valence-electron chi connectivity index (χ0n) is 11.5. The number of para-hydroxylation sites is 2. The van der Waals surface area contributed by atoms with Crippen LogP contribution in [0.25, 0.3) is 11.0 Å². The van der Waals surface area contributed by atoms with Gasteiger partial charge in [-0.1, -0.05) is 43.3 Å². The average Bonchev–Trinajstić information content (AvgIpc) is 2.86. The van der Waals surface area contributed by atoms with Crippen molar-refractivity contribution in [3.05, 3.63) is 65.5 Å². The largest absolute Gasteiger partial charge is 0.322 e. The van der Waals surface area contributed by atoms with Gasteiger partial charge in [-0.3, -0.25) is 0 Å². The standard InChI is InChI=1S/C17H17ClN2/c1-2-13-7-3-4-8-14(13)12-20-16-10-6-5-9-15(16)19-17(20)11-18/h3-10H,2,11-12H2,1H3. The third kappa shape index (κ3) is 2.32. The van der Waals surface area contributed by atoms with E-state index in [0.29, 0.717) is 5.88 Å². The molecule has 1 aromatic heterocycles. The predicted molar refractivity (Wildman–Crippen MR) is 84.2 cm³/mol. The molecule has 102 valence electrons. The molecular formula is C17H17ClN2. The van der Waals surface area contributed by atoms with Crippen LogP contribution in [0.3, 0.4) is 0 Å². The summed E-state index contributed by atoms with van der Waals surface area (Å²) in [6.07, 6.45) is 1.04. The Morgan fingerprint density at radius 1 is 1.00 bits per heavy atom. The molecule has 0 unspecified atom stereocenters. The molecule has 0 radical (unpaired) electrons. The van der Waals surface area contributed by atoms with Crippen molar-refractivity contribution >= 4 is 22.6 Å². The molecule has 1 heterocycles. The van der Waals surface area contributed by atoms with Crippen LogP contribution >= 0.6 is 11.6 Å². The van der Waals surface area contributed by atoms with Crippen molar-refractivity contribution in [2.45, 2.75) is 25.8 Å². The van der Waals surface area contributed by atoms with Gasteiger partial charge in [0.15, 0.2) is 0 Å². The molecule has 0 aliphatic heterocycles. The lowest BCUT2D eigenvalue weighted by molar-refractivity contribution is 0.770. The molecule has 0 aliphatic rings. The van der Waals surface area contributed by atoms with Crippen LogP contribution in [-0.2, 0) is 18.8 Å². The van der Waals surface area contributed by atoms with E-state index in [4.69, 9.17) is 11.6 Å². The number of halogens is 1. The third-order valence-corrected chi connectivity index (χ3v) is 3.92. The van der Waals surface area contributed by atoms with E-state index in [9.17, 15) is 0 Å². The fraction of sp³-hybridized carbons (Fsp3) is 0.235. The molecule has 0 amide bonds. The second-order valence-corrected chi connectivity index (χ2v) is 5.13. The number of nitrogens with zero attached hydrogens (tertiary/aromatic N) is 2. The van der Waals surface area contributed by atoms with E-state index >= 15 is 0 Å². The summed E-state index contributed by atoms with van der Waals surface area (Å²) in [5.41, 5.74) is 4.88. The van der Waals surface area contributed by atoms with Crippen LogP contribution in [0.15, 0.2) is 48.5 Å². The Morgan fingerprint density at radius 3 is 2.45 bits per heavy atom. The van der Waals surface area contributed by atoms with Gasteiger partial charge in [0.05, 0.1) is 16.9 Å². The Morgan fingerprint density at radius 2 is 1.70 bits per heavy atom. The molecule has 0 saturated heterocycles. The Labute approximate surface area is 124 Å². The average molecular weight is 285 g/mol. The van der Waals surface area contributed by atoms with Crippen molar-refractivity contribution in [1.82, 2.24) is 9.55 Å². The summed E-state index contributed by atoms with van der Waals surface area (Å²) < 4.78 is 2.22. The van der Waals surface area contributed by atoms with Gasteiger partial charge in [-0.25, -0.2) is 4.98 Å². The Hall–Kier alpha value is -1.80. The van der Waals surface area contributed by atoms with Crippen LogP contribution < -0.4 is 0 Å². The molecule has 0 saturated carbocycles. The minimum atomic E-state index is 0.434. The fourth-order valence-electron chi connectivity index (χ4n) is 2.63. The number of alkyl halides is 1. The first-order valence-corrected chi connectivity index (χ1v) is 7.43. The van der Waals surface area contributed by atoms with E-state index in [1.165, 1.54) is 11.1 Å². The first-order chi connectivity index (χ1) is 9.83. The first-order valence-electron chi connectivity index (χ1n) is 6.90. The first kappa shape index (κ1) is 13.2. The number of rotatable bonds is 4. The van der Waals surface area contributed by atoms with E-state index in [1.807, 2.05) is 18.2 Å². The molecule has 20 heavy (non-hydrogen) atoms. The molecule has 2 nitrogen and oxygen atoms in total. The molecule has 0 fully saturated rings. The van der Waals surface area contributed by atoms with Crippen LogP contribution in [0, 0.1) is 0 Å². The van der Waals surface area contributed by atoms with E-state index in [0.717, 1.165) is 29.8 Å². The minimum Gasteiger partial charge on any atom is -0.322 e. The molecule has 0 aliphatic carbocycles. The topological polar surface area (TPSA) is 17.8 Å². The Bertz CT molecular complexity index is 731. The SMILES string of the molecule is CCc1ccccc1Cn1c(CCl)nc2ccccc21. The zero-order chi connectivity index (χ0) is 13.9. The van der Waals surface area contributed by atoms with Gasteiger partial charge < -0.3 is 4.57 Å². The number of aryl methyl sites for hydroxylation is 1. The van der Waals surface area contributed by atoms with E-state index in [2.05, 4.69) is 46.8 Å². The Balaban J connectivity index is 2.10. The number of hydrogen-bond donors (Lipinski definition) is 0. The second-order valence-electron chi connectivity index (χ2n) is 4.86. The molecule has 0 bridgehead atoms. The third-order valence-electron chi connectivity index (χ3n) is 3.68. The normalized spacial score (nSPS) is 11.1. The number of imidazole rings is 1. The van der Waals surface area contributed by atoms with Crippen molar-refractivity contribution in [2.24, 2.45) is 0 Å². The second kappa shape index (κ2) is 5.68. The van der Waals surface area contributed by atoms with Gasteiger partial charge in [0, 0.05) is 6.54 Å². The lowest BCUT2D eigenvalue weighted by Gasteiger charge is -2.11. The molecule has 3 aromatic rings. The summed E-state index contributed by atoms with van der Waals surface area (Å²) in [7, 11) is 0. The van der Waals surface area contributed by atoms with E-state index in [-0.39, 0.29) is 0 Å². The summed E-state index contributed by atoms with van der Waals surface area (Å²) in [5.74, 6) is 1.36. The van der Waals surface area contributed by atoms with Gasteiger partial charge >= 0.3 is 0 Å². The smallest absolute Gasteiger partial charge is 0.125 e. The summed E-state index contributed by atoms with van der Waals surface area (Å²) in [6.45, 7) is 3.01. The van der Waals surface area contributed by atoms with Gasteiger partial charge in [0.1, 0.15) is 5.82 Å². The summed E-state index contributed by atoms with van der Waals surface area (Å²) in [5, 5.41) is 0. The van der Waals surface area contributed by atoms with Gasteiger partial charge in [-0.15, -0.1) is 11.6 Å². The lowest BCUT2D eigenvalue weighted by atomic mass is 10.1. The van der Waals surface area contributed by atoms with E-state index < -0.39 is 0 Å². The number of benzene rings is 2. The fourth-order valence-corrected chi connectivity index (χ4v) is 2.83. The molecule has 3 rings (SSSR count). The molecule has 0 atom stereocenters. The predicted octanol–water partition coefficient (Wildman–Crippen LogP) is 4.39. The highest BCUT2D eigenvalue weighted by Crippen LogP contribution is 2.20. The molecule has 3 heteroatoms. The van der Waals surface area contributed by atoms with Crippen molar-refractivity contribution < 1.29 is 0 Å². The van der Waals surface area contributed by atoms with E-state index in [1.54, 1.807) is 0 Å². The highest BCUT2D eigenvalue weighted by atomic mass is 35.5. The van der Waals surface area contributed by atoms with Crippen LogP contribution in [0.1, 0.15) is 23.9 Å². The van der Waals surface area contributed by atoms with Gasteiger partial charge in [-0.05, 0) is 29.7 Å². The highest BCUT2D eigenvalue weighted by molar-refractivity contribution is 6.16. The lowest BCUT2D eigenvalue weighted by Crippen LogP contribution is -2.06. The highest BCUT2D eigenvalue weighted by Gasteiger charge is 2.11.